The molecule has 3 aromatic rings. The van der Waals surface area contributed by atoms with E-state index in [9.17, 15) is 0 Å². The van der Waals surface area contributed by atoms with Crippen LogP contribution in [0.4, 0.5) is 0 Å². The number of hydrogen-bond acceptors (Lipinski definition) is 1. The van der Waals surface area contributed by atoms with E-state index in [0.29, 0.717) is 5.92 Å². The van der Waals surface area contributed by atoms with Crippen LogP contribution >= 0.6 is 0 Å². The fraction of sp³-hybridized carbons (Fsp3) is 0.158. The maximum Gasteiger partial charge on any atom is 0.0361 e. The van der Waals surface area contributed by atoms with Crippen LogP contribution < -0.4 is 5.73 Å². The lowest BCUT2D eigenvalue weighted by Crippen LogP contribution is -2.17. The summed E-state index contributed by atoms with van der Waals surface area (Å²) in [7, 11) is 0. The van der Waals surface area contributed by atoms with Crippen molar-refractivity contribution in [2.45, 2.75) is 18.9 Å². The summed E-state index contributed by atoms with van der Waals surface area (Å²) >= 11 is 0. The predicted octanol–water partition coefficient (Wildman–Crippen LogP) is 4.64. The van der Waals surface area contributed by atoms with Crippen molar-refractivity contribution in [3.63, 3.8) is 0 Å². The highest BCUT2D eigenvalue weighted by Crippen LogP contribution is 2.30. The average Bonchev–Trinajstić information content (AvgIpc) is 2.54. The third-order valence-corrected chi connectivity index (χ3v) is 4.02. The van der Waals surface area contributed by atoms with Gasteiger partial charge in [-0.25, -0.2) is 0 Å². The molecular formula is C19H19N. The number of rotatable bonds is 3. The van der Waals surface area contributed by atoms with Crippen molar-refractivity contribution in [1.29, 1.82) is 0 Å². The summed E-state index contributed by atoms with van der Waals surface area (Å²) < 4.78 is 0. The van der Waals surface area contributed by atoms with Crippen LogP contribution in [0.1, 0.15) is 30.0 Å². The highest BCUT2D eigenvalue weighted by atomic mass is 14.6. The van der Waals surface area contributed by atoms with Crippen molar-refractivity contribution < 1.29 is 0 Å². The Bertz CT molecular complexity index is 703. The van der Waals surface area contributed by atoms with Gasteiger partial charge in [0.15, 0.2) is 0 Å². The maximum absolute atomic E-state index is 6.41. The predicted molar refractivity (Wildman–Crippen MR) is 85.7 cm³/mol. The molecule has 0 spiro atoms. The monoisotopic (exact) mass is 261 g/mol. The summed E-state index contributed by atoms with van der Waals surface area (Å²) in [6.07, 6.45) is 0. The summed E-state index contributed by atoms with van der Waals surface area (Å²) in [6.45, 7) is 2.20. The molecule has 100 valence electrons. The lowest BCUT2D eigenvalue weighted by atomic mass is 9.88. The van der Waals surface area contributed by atoms with Crippen molar-refractivity contribution in [2.75, 3.05) is 0 Å². The molecule has 2 N–H and O–H groups in total. The van der Waals surface area contributed by atoms with Crippen molar-refractivity contribution >= 4 is 10.8 Å². The number of fused-ring (bicyclic) bond motifs is 1. The molecule has 1 nitrogen and oxygen atoms in total. The van der Waals surface area contributed by atoms with Crippen LogP contribution in [0.15, 0.2) is 72.8 Å². The lowest BCUT2D eigenvalue weighted by Gasteiger charge is -2.21. The van der Waals surface area contributed by atoms with E-state index in [-0.39, 0.29) is 6.04 Å². The minimum atomic E-state index is 0.0253. The lowest BCUT2D eigenvalue weighted by molar-refractivity contribution is 0.598. The van der Waals surface area contributed by atoms with Gasteiger partial charge in [-0.2, -0.15) is 0 Å². The molecule has 0 saturated carbocycles. The largest absolute Gasteiger partial charge is 0.323 e. The zero-order chi connectivity index (χ0) is 13.9. The fourth-order valence-corrected chi connectivity index (χ4v) is 2.66. The molecule has 0 heterocycles. The highest BCUT2D eigenvalue weighted by Gasteiger charge is 2.16. The van der Waals surface area contributed by atoms with Crippen molar-refractivity contribution in [3.8, 4) is 0 Å². The maximum atomic E-state index is 6.41. The van der Waals surface area contributed by atoms with Crippen LogP contribution in [-0.4, -0.2) is 0 Å². The average molecular weight is 261 g/mol. The molecule has 0 bridgehead atoms. The third kappa shape index (κ3) is 2.45. The van der Waals surface area contributed by atoms with Gasteiger partial charge in [-0.1, -0.05) is 79.7 Å². The topological polar surface area (TPSA) is 26.0 Å². The molecule has 0 saturated heterocycles. The summed E-state index contributed by atoms with van der Waals surface area (Å²) in [4.78, 5) is 0. The molecule has 2 atom stereocenters. The molecule has 0 aliphatic rings. The number of hydrogen-bond donors (Lipinski definition) is 1. The molecule has 0 aliphatic carbocycles. The molecular weight excluding hydrogens is 242 g/mol. The third-order valence-electron chi connectivity index (χ3n) is 4.02. The van der Waals surface area contributed by atoms with Gasteiger partial charge in [0.25, 0.3) is 0 Å². The molecule has 1 heteroatoms. The Morgan fingerprint density at radius 1 is 0.700 bits per heavy atom. The second-order valence-electron chi connectivity index (χ2n) is 5.33. The van der Waals surface area contributed by atoms with E-state index >= 15 is 0 Å². The molecule has 20 heavy (non-hydrogen) atoms. The van der Waals surface area contributed by atoms with Gasteiger partial charge in [-0.05, 0) is 21.9 Å². The molecule has 3 rings (SSSR count). The van der Waals surface area contributed by atoms with Gasteiger partial charge in [0.1, 0.15) is 0 Å². The molecule has 0 aliphatic heterocycles. The standard InChI is InChI=1S/C19H19N/c1-14(19(20)16-8-3-2-4-9-16)17-12-11-15-7-5-6-10-18(15)13-17/h2-14,19H,20H2,1H3. The van der Waals surface area contributed by atoms with Gasteiger partial charge in [-0.3, -0.25) is 0 Å². The van der Waals surface area contributed by atoms with Gasteiger partial charge < -0.3 is 5.73 Å². The van der Waals surface area contributed by atoms with Crippen LogP contribution in [0.25, 0.3) is 10.8 Å². The van der Waals surface area contributed by atoms with Crippen LogP contribution in [0.3, 0.4) is 0 Å². The Labute approximate surface area is 120 Å². The normalized spacial score (nSPS) is 14.1. The van der Waals surface area contributed by atoms with E-state index in [1.165, 1.54) is 21.9 Å². The minimum Gasteiger partial charge on any atom is -0.323 e. The molecule has 2 unspecified atom stereocenters. The van der Waals surface area contributed by atoms with Crippen molar-refractivity contribution in [2.24, 2.45) is 5.73 Å². The first-order chi connectivity index (χ1) is 9.75. The first kappa shape index (κ1) is 12.9. The second kappa shape index (κ2) is 5.48. The second-order valence-corrected chi connectivity index (χ2v) is 5.33. The van der Waals surface area contributed by atoms with Gasteiger partial charge in [0.05, 0.1) is 0 Å². The smallest absolute Gasteiger partial charge is 0.0361 e. The van der Waals surface area contributed by atoms with Gasteiger partial charge in [0.2, 0.25) is 0 Å². The quantitative estimate of drug-likeness (QED) is 0.730. The van der Waals surface area contributed by atoms with Crippen LogP contribution in [0.2, 0.25) is 0 Å². The SMILES string of the molecule is CC(c1ccc2ccccc2c1)C(N)c1ccccc1. The Hall–Kier alpha value is -2.12. The van der Waals surface area contributed by atoms with E-state index < -0.39 is 0 Å². The first-order valence-corrected chi connectivity index (χ1v) is 7.05. The molecule has 3 aromatic carbocycles. The minimum absolute atomic E-state index is 0.0253. The zero-order valence-electron chi connectivity index (χ0n) is 11.7. The van der Waals surface area contributed by atoms with E-state index in [0.717, 1.165) is 0 Å². The van der Waals surface area contributed by atoms with E-state index in [4.69, 9.17) is 5.73 Å². The highest BCUT2D eigenvalue weighted by molar-refractivity contribution is 5.83. The molecule has 0 radical (unpaired) electrons. The zero-order valence-corrected chi connectivity index (χ0v) is 11.7. The van der Waals surface area contributed by atoms with Crippen molar-refractivity contribution in [1.82, 2.24) is 0 Å². The Balaban J connectivity index is 1.94. The molecule has 0 fully saturated rings. The van der Waals surface area contributed by atoms with Crippen molar-refractivity contribution in [3.05, 3.63) is 83.9 Å². The van der Waals surface area contributed by atoms with Crippen LogP contribution in [0.5, 0.6) is 0 Å². The number of benzene rings is 3. The van der Waals surface area contributed by atoms with Gasteiger partial charge in [-0.15, -0.1) is 0 Å². The number of nitrogens with two attached hydrogens (primary N) is 1. The van der Waals surface area contributed by atoms with E-state index in [2.05, 4.69) is 61.5 Å². The van der Waals surface area contributed by atoms with Gasteiger partial charge >= 0.3 is 0 Å². The van der Waals surface area contributed by atoms with Crippen LogP contribution in [-0.2, 0) is 0 Å². The first-order valence-electron chi connectivity index (χ1n) is 7.05. The van der Waals surface area contributed by atoms with Crippen LogP contribution in [0, 0.1) is 0 Å². The molecule has 0 aromatic heterocycles. The summed E-state index contributed by atoms with van der Waals surface area (Å²) in [5.41, 5.74) is 8.89. The summed E-state index contributed by atoms with van der Waals surface area (Å²) in [5, 5.41) is 2.55. The molecule has 0 amide bonds. The Morgan fingerprint density at radius 3 is 2.10 bits per heavy atom. The van der Waals surface area contributed by atoms with E-state index in [1.807, 2.05) is 18.2 Å². The Kier molecular flexibility index (Phi) is 3.53. The van der Waals surface area contributed by atoms with E-state index in [1.54, 1.807) is 0 Å². The fourth-order valence-electron chi connectivity index (χ4n) is 2.66. The Morgan fingerprint density at radius 2 is 1.35 bits per heavy atom. The summed E-state index contributed by atoms with van der Waals surface area (Å²) in [6, 6.07) is 25.4. The van der Waals surface area contributed by atoms with Gasteiger partial charge in [0, 0.05) is 12.0 Å². The summed E-state index contributed by atoms with van der Waals surface area (Å²) in [5.74, 6) is 0.294.